The lowest BCUT2D eigenvalue weighted by atomic mass is 9.96. The number of amides is 3. The second-order valence-electron chi connectivity index (χ2n) is 7.36. The van der Waals surface area contributed by atoms with Gasteiger partial charge in [-0.05, 0) is 41.8 Å². The Kier molecular flexibility index (Phi) is 5.70. The maximum absolute atomic E-state index is 13.2. The molecular weight excluding hydrogens is 398 g/mol. The van der Waals surface area contributed by atoms with Crippen LogP contribution in [-0.2, 0) is 11.2 Å². The van der Waals surface area contributed by atoms with Gasteiger partial charge in [0.2, 0.25) is 0 Å². The number of rotatable bonds is 7. The van der Waals surface area contributed by atoms with Crippen molar-refractivity contribution in [1.82, 2.24) is 15.5 Å². The summed E-state index contributed by atoms with van der Waals surface area (Å²) in [6.45, 7) is 0.925. The Hall–Kier alpha value is -3.68. The van der Waals surface area contributed by atoms with Gasteiger partial charge in [-0.15, -0.1) is 0 Å². The maximum Gasteiger partial charge on any atom is 0.319 e. The minimum Gasteiger partial charge on any atom is -0.497 e. The minimum absolute atomic E-state index is 0.0872. The molecule has 8 heteroatoms. The van der Waals surface area contributed by atoms with Gasteiger partial charge in [-0.1, -0.05) is 18.2 Å². The van der Waals surface area contributed by atoms with Crippen LogP contribution in [0.3, 0.4) is 0 Å². The molecule has 31 heavy (non-hydrogen) atoms. The monoisotopic (exact) mass is 423 g/mol. The summed E-state index contributed by atoms with van der Waals surface area (Å²) in [6, 6.07) is 12.3. The first-order chi connectivity index (χ1) is 15.0. The van der Waals surface area contributed by atoms with Crippen LogP contribution in [0, 0.1) is 0 Å². The molecule has 0 spiro atoms. The highest BCUT2D eigenvalue weighted by Gasteiger charge is 2.40. The number of hydrogen-bond acceptors (Lipinski definition) is 5. The Morgan fingerprint density at radius 3 is 2.39 bits per heavy atom. The summed E-state index contributed by atoms with van der Waals surface area (Å²) in [5.74, 6) is 1.83. The molecule has 0 aliphatic carbocycles. The predicted octanol–water partition coefficient (Wildman–Crippen LogP) is 2.41. The van der Waals surface area contributed by atoms with E-state index in [1.807, 2.05) is 30.3 Å². The van der Waals surface area contributed by atoms with Crippen LogP contribution < -0.4 is 24.8 Å². The number of nitrogens with one attached hydrogen (secondary N) is 2. The van der Waals surface area contributed by atoms with E-state index in [4.69, 9.17) is 14.2 Å². The first-order valence-corrected chi connectivity index (χ1v) is 9.98. The molecule has 8 nitrogen and oxygen atoms in total. The van der Waals surface area contributed by atoms with Gasteiger partial charge in [0.1, 0.15) is 5.75 Å². The van der Waals surface area contributed by atoms with Crippen LogP contribution in [0.1, 0.15) is 17.2 Å². The number of hydrogen-bond donors (Lipinski definition) is 2. The zero-order chi connectivity index (χ0) is 22.0. The van der Waals surface area contributed by atoms with E-state index in [9.17, 15) is 9.59 Å². The molecule has 3 amide bonds. The molecule has 162 valence electrons. The molecule has 4 rings (SSSR count). The largest absolute Gasteiger partial charge is 0.497 e. The van der Waals surface area contributed by atoms with Crippen molar-refractivity contribution in [2.45, 2.75) is 12.5 Å². The van der Waals surface area contributed by atoms with Crippen molar-refractivity contribution in [3.63, 3.8) is 0 Å². The molecule has 2 aliphatic heterocycles. The van der Waals surface area contributed by atoms with Crippen LogP contribution in [0.2, 0.25) is 0 Å². The normalized spacial score (nSPS) is 17.8. The fraction of sp³-hybridized carbons (Fsp3) is 0.304. The molecule has 0 saturated heterocycles. The van der Waals surface area contributed by atoms with Crippen LogP contribution in [0.15, 0.2) is 53.7 Å². The summed E-state index contributed by atoms with van der Waals surface area (Å²) in [7, 11) is 4.74. The molecule has 1 atom stereocenters. The van der Waals surface area contributed by atoms with Crippen molar-refractivity contribution in [1.29, 1.82) is 0 Å². The van der Waals surface area contributed by atoms with Gasteiger partial charge in [-0.25, -0.2) is 4.79 Å². The van der Waals surface area contributed by atoms with Crippen molar-refractivity contribution in [3.8, 4) is 17.2 Å². The van der Waals surface area contributed by atoms with Crippen molar-refractivity contribution in [2.24, 2.45) is 0 Å². The molecule has 2 aliphatic rings. The van der Waals surface area contributed by atoms with Crippen LogP contribution in [-0.4, -0.2) is 51.3 Å². The molecule has 0 saturated carbocycles. The summed E-state index contributed by atoms with van der Waals surface area (Å²) < 4.78 is 15.9. The van der Waals surface area contributed by atoms with E-state index in [-0.39, 0.29) is 11.9 Å². The third kappa shape index (κ3) is 4.01. The van der Waals surface area contributed by atoms with Crippen LogP contribution >= 0.6 is 0 Å². The number of nitrogens with zero attached hydrogens (tertiary/aromatic N) is 1. The van der Waals surface area contributed by atoms with Gasteiger partial charge >= 0.3 is 6.03 Å². The molecule has 0 radical (unpaired) electrons. The first kappa shape index (κ1) is 20.6. The van der Waals surface area contributed by atoms with E-state index in [2.05, 4.69) is 10.6 Å². The highest BCUT2D eigenvalue weighted by atomic mass is 16.5. The van der Waals surface area contributed by atoms with E-state index in [0.29, 0.717) is 42.3 Å². The van der Waals surface area contributed by atoms with E-state index < -0.39 is 6.04 Å². The average molecular weight is 423 g/mol. The topological polar surface area (TPSA) is 89.1 Å². The lowest BCUT2D eigenvalue weighted by Gasteiger charge is -2.26. The van der Waals surface area contributed by atoms with E-state index in [0.717, 1.165) is 16.9 Å². The van der Waals surface area contributed by atoms with Gasteiger partial charge in [0, 0.05) is 6.54 Å². The van der Waals surface area contributed by atoms with Gasteiger partial charge in [-0.3, -0.25) is 4.79 Å². The van der Waals surface area contributed by atoms with Gasteiger partial charge in [0.25, 0.3) is 5.91 Å². The zero-order valence-electron chi connectivity index (χ0n) is 17.7. The number of carbonyl (C=O) groups excluding carboxylic acids is 2. The Bertz CT molecular complexity index is 1030. The molecule has 2 aromatic rings. The van der Waals surface area contributed by atoms with E-state index in [1.54, 1.807) is 38.4 Å². The molecule has 0 fully saturated rings. The Morgan fingerprint density at radius 2 is 1.71 bits per heavy atom. The number of methoxy groups -OCH3 is 3. The summed E-state index contributed by atoms with van der Waals surface area (Å²) in [6.07, 6.45) is 0.707. The fourth-order valence-electron chi connectivity index (χ4n) is 3.95. The maximum atomic E-state index is 13.2. The Labute approximate surface area is 180 Å². The lowest BCUT2D eigenvalue weighted by Crippen LogP contribution is -2.44. The second kappa shape index (κ2) is 8.59. The summed E-state index contributed by atoms with van der Waals surface area (Å²) in [4.78, 5) is 27.3. The number of benzene rings is 2. The third-order valence-electron chi connectivity index (χ3n) is 5.59. The third-order valence-corrected chi connectivity index (χ3v) is 5.59. The molecule has 0 unspecified atom stereocenters. The van der Waals surface area contributed by atoms with Gasteiger partial charge in [-0.2, -0.15) is 0 Å². The molecule has 0 bridgehead atoms. The van der Waals surface area contributed by atoms with Crippen LogP contribution in [0.25, 0.3) is 0 Å². The molecule has 0 aromatic heterocycles. The number of urea groups is 1. The van der Waals surface area contributed by atoms with Crippen molar-refractivity contribution < 1.29 is 23.8 Å². The van der Waals surface area contributed by atoms with Crippen molar-refractivity contribution in [3.05, 3.63) is 64.9 Å². The molecule has 2 heterocycles. The quantitative estimate of drug-likeness (QED) is 0.714. The smallest absolute Gasteiger partial charge is 0.319 e. The summed E-state index contributed by atoms with van der Waals surface area (Å²) >= 11 is 0. The highest BCUT2D eigenvalue weighted by Crippen LogP contribution is 2.36. The molecule has 2 aromatic carbocycles. The van der Waals surface area contributed by atoms with Gasteiger partial charge < -0.3 is 29.7 Å². The second-order valence-corrected chi connectivity index (χ2v) is 7.36. The van der Waals surface area contributed by atoms with Gasteiger partial charge in [0.05, 0.1) is 45.2 Å². The summed E-state index contributed by atoms with van der Waals surface area (Å²) in [5, 5.41) is 5.66. The predicted molar refractivity (Wildman–Crippen MR) is 114 cm³/mol. The number of carbonyl (C=O) groups is 2. The van der Waals surface area contributed by atoms with Gasteiger partial charge in [0.15, 0.2) is 11.5 Å². The standard InChI is InChI=1S/C23H25N3O5/c1-29-16-7-4-14(5-8-16)10-11-26-13-17-20(22(26)27)21(25-23(28)24-17)15-6-9-18(30-2)19(12-15)31-3/h4-9,12,21H,10-11,13H2,1-3H3,(H2,24,25,28)/t21-/m1/s1. The Balaban J connectivity index is 1.53. The van der Waals surface area contributed by atoms with Crippen LogP contribution in [0.5, 0.6) is 17.2 Å². The van der Waals surface area contributed by atoms with Crippen molar-refractivity contribution in [2.75, 3.05) is 34.4 Å². The highest BCUT2D eigenvalue weighted by molar-refractivity contribution is 6.01. The molecular formula is C23H25N3O5. The first-order valence-electron chi connectivity index (χ1n) is 9.98. The average Bonchev–Trinajstić information content (AvgIpc) is 3.11. The Morgan fingerprint density at radius 1 is 0.968 bits per heavy atom. The minimum atomic E-state index is -0.554. The molecule has 2 N–H and O–H groups in total. The zero-order valence-corrected chi connectivity index (χ0v) is 17.7. The number of ether oxygens (including phenoxy) is 3. The SMILES string of the molecule is COc1ccc(CCN2CC3=C(C2=O)[C@@H](c2ccc(OC)c(OC)c2)NC(=O)N3)cc1. The summed E-state index contributed by atoms with van der Waals surface area (Å²) in [5.41, 5.74) is 3.06. The fourth-order valence-corrected chi connectivity index (χ4v) is 3.95. The lowest BCUT2D eigenvalue weighted by molar-refractivity contribution is -0.125. The van der Waals surface area contributed by atoms with E-state index >= 15 is 0 Å². The van der Waals surface area contributed by atoms with Crippen molar-refractivity contribution >= 4 is 11.9 Å². The van der Waals surface area contributed by atoms with E-state index in [1.165, 1.54) is 0 Å². The van der Waals surface area contributed by atoms with Crippen LogP contribution in [0.4, 0.5) is 4.79 Å².